The molecule has 0 radical (unpaired) electrons. The van der Waals surface area contributed by atoms with Crippen LogP contribution in [0.3, 0.4) is 0 Å². The Kier molecular flexibility index (Phi) is 8.80. The molecule has 0 N–H and O–H groups in total. The van der Waals surface area contributed by atoms with Gasteiger partial charge in [-0.15, -0.1) is 0 Å². The van der Waals surface area contributed by atoms with Gasteiger partial charge in [0.05, 0.1) is 5.41 Å². The first-order chi connectivity index (χ1) is 33.7. The van der Waals surface area contributed by atoms with Crippen molar-refractivity contribution in [1.82, 2.24) is 0 Å². The van der Waals surface area contributed by atoms with E-state index in [4.69, 9.17) is 0 Å². The van der Waals surface area contributed by atoms with E-state index in [1.54, 1.807) is 0 Å². The second-order valence-corrected chi connectivity index (χ2v) is 19.0. The molecule has 1 atom stereocenters. The molecule has 11 aromatic rings. The van der Waals surface area contributed by atoms with Crippen LogP contribution in [0.2, 0.25) is 0 Å². The average molecular weight is 863 g/mol. The summed E-state index contributed by atoms with van der Waals surface area (Å²) in [4.78, 5) is 0. The molecule has 0 amide bonds. The number of rotatable bonds is 7. The van der Waals surface area contributed by atoms with Gasteiger partial charge < -0.3 is 0 Å². The molecule has 3 aliphatic rings. The Balaban J connectivity index is 1.02. The van der Waals surface area contributed by atoms with Gasteiger partial charge in [0.15, 0.2) is 0 Å². The normalized spacial score (nSPS) is 13.8. The van der Waals surface area contributed by atoms with E-state index < -0.39 is 5.41 Å². The van der Waals surface area contributed by atoms with Crippen LogP contribution < -0.4 is 0 Å². The minimum absolute atomic E-state index is 0.0515. The van der Waals surface area contributed by atoms with Gasteiger partial charge in [-0.1, -0.05) is 243 Å². The topological polar surface area (TPSA) is 0 Å². The number of hydrogen-bond donors (Lipinski definition) is 0. The third-order valence-corrected chi connectivity index (χ3v) is 15.6. The van der Waals surface area contributed by atoms with Crippen molar-refractivity contribution >= 4 is 10.8 Å². The quantitative estimate of drug-likeness (QED) is 0.140. The number of fused-ring (bicyclic) bond motifs is 10. The molecule has 0 bridgehead atoms. The molecule has 318 valence electrons. The zero-order chi connectivity index (χ0) is 44.8. The van der Waals surface area contributed by atoms with E-state index in [-0.39, 0.29) is 5.92 Å². The molecule has 0 saturated heterocycles. The van der Waals surface area contributed by atoms with Crippen LogP contribution in [0.4, 0.5) is 0 Å². The summed E-state index contributed by atoms with van der Waals surface area (Å²) in [6, 6.07) is 93.9. The van der Waals surface area contributed by atoms with Crippen LogP contribution in [0, 0.1) is 0 Å². The highest BCUT2D eigenvalue weighted by Gasteiger charge is 2.46. The van der Waals surface area contributed by atoms with Crippen molar-refractivity contribution in [1.29, 1.82) is 0 Å². The molecule has 0 heteroatoms. The van der Waals surface area contributed by atoms with E-state index >= 15 is 0 Å². The predicted molar refractivity (Wildman–Crippen MR) is 282 cm³/mol. The first-order valence-corrected chi connectivity index (χ1v) is 24.1. The molecule has 11 aromatic carbocycles. The first kappa shape index (κ1) is 38.9. The van der Waals surface area contributed by atoms with Gasteiger partial charge in [-0.3, -0.25) is 0 Å². The highest BCUT2D eigenvalue weighted by Crippen LogP contribution is 2.58. The summed E-state index contributed by atoms with van der Waals surface area (Å²) in [5, 5.41) is 2.61. The van der Waals surface area contributed by atoms with Crippen LogP contribution >= 0.6 is 0 Å². The highest BCUT2D eigenvalue weighted by atomic mass is 14.5. The Labute approximate surface area is 398 Å². The van der Waals surface area contributed by atoms with E-state index in [0.717, 1.165) is 12.8 Å². The molecule has 0 fully saturated rings. The molecule has 0 aliphatic heterocycles. The van der Waals surface area contributed by atoms with Gasteiger partial charge in [0.25, 0.3) is 0 Å². The second kappa shape index (κ2) is 15.4. The lowest BCUT2D eigenvalue weighted by molar-refractivity contribution is 0.765. The zero-order valence-electron chi connectivity index (χ0n) is 37.7. The van der Waals surface area contributed by atoms with Crippen molar-refractivity contribution in [2.75, 3.05) is 0 Å². The maximum atomic E-state index is 2.58. The minimum Gasteiger partial charge on any atom is -0.0622 e. The van der Waals surface area contributed by atoms with Gasteiger partial charge in [0.2, 0.25) is 0 Å². The van der Waals surface area contributed by atoms with Crippen molar-refractivity contribution in [3.8, 4) is 55.6 Å². The van der Waals surface area contributed by atoms with Crippen molar-refractivity contribution < 1.29 is 0 Å². The molecule has 0 heterocycles. The third-order valence-electron chi connectivity index (χ3n) is 15.6. The lowest BCUT2D eigenvalue weighted by Crippen LogP contribution is -2.28. The lowest BCUT2D eigenvalue weighted by atomic mass is 9.67. The van der Waals surface area contributed by atoms with Crippen LogP contribution in [0.25, 0.3) is 66.4 Å². The average Bonchev–Trinajstić information content (AvgIpc) is 4.08. The molecule has 1 unspecified atom stereocenters. The number of hydrogen-bond acceptors (Lipinski definition) is 0. The molecule has 0 saturated carbocycles. The van der Waals surface area contributed by atoms with Crippen molar-refractivity contribution in [2.45, 2.75) is 24.2 Å². The molecule has 3 aliphatic carbocycles. The van der Waals surface area contributed by atoms with E-state index in [0.29, 0.717) is 0 Å². The molecule has 0 spiro atoms. The van der Waals surface area contributed by atoms with E-state index in [2.05, 4.69) is 249 Å². The fraction of sp³-hybridized carbons (Fsp3) is 0.0588. The van der Waals surface area contributed by atoms with Crippen LogP contribution in [-0.2, 0) is 18.3 Å². The summed E-state index contributed by atoms with van der Waals surface area (Å²) >= 11 is 0. The van der Waals surface area contributed by atoms with Crippen molar-refractivity contribution in [3.63, 3.8) is 0 Å². The molecular weight excluding hydrogens is 817 g/mol. The zero-order valence-corrected chi connectivity index (χ0v) is 37.7. The first-order valence-electron chi connectivity index (χ1n) is 24.1. The Bertz CT molecular complexity index is 3730. The van der Waals surface area contributed by atoms with Crippen molar-refractivity contribution in [3.05, 3.63) is 310 Å². The SMILES string of the molecule is c1ccc(-c2ccc(C(c3ccc4c(c3)C(c3ccccc3)(c3ccccc3)c3ccccc3-4)c3cccc4c3-c3cc5ccccc5c(-c5cccc6c5Cc5ccccc5-6)c3C4)cc2)cc1. The molecule has 0 aromatic heterocycles. The van der Waals surface area contributed by atoms with E-state index in [9.17, 15) is 0 Å². The summed E-state index contributed by atoms with van der Waals surface area (Å²) in [6.45, 7) is 0. The maximum Gasteiger partial charge on any atom is 0.0713 e. The maximum absolute atomic E-state index is 2.58. The Hall–Kier alpha value is -8.32. The summed E-state index contributed by atoms with van der Waals surface area (Å²) in [6.07, 6.45) is 1.84. The highest BCUT2D eigenvalue weighted by molar-refractivity contribution is 6.06. The Morgan fingerprint density at radius 3 is 1.69 bits per heavy atom. The summed E-state index contributed by atoms with van der Waals surface area (Å²) < 4.78 is 0. The fourth-order valence-electron chi connectivity index (χ4n) is 12.7. The van der Waals surface area contributed by atoms with Crippen LogP contribution in [0.1, 0.15) is 67.1 Å². The van der Waals surface area contributed by atoms with Gasteiger partial charge in [-0.25, -0.2) is 0 Å². The monoisotopic (exact) mass is 862 g/mol. The lowest BCUT2D eigenvalue weighted by Gasteiger charge is -2.34. The third kappa shape index (κ3) is 5.74. The van der Waals surface area contributed by atoms with Crippen LogP contribution in [0.15, 0.2) is 249 Å². The van der Waals surface area contributed by atoms with Crippen LogP contribution in [0.5, 0.6) is 0 Å². The molecule has 68 heavy (non-hydrogen) atoms. The second-order valence-electron chi connectivity index (χ2n) is 19.0. The molecular formula is C68H46. The molecule has 14 rings (SSSR count). The standard InChI is InChI=1S/C68H46/c1-4-18-44(19-5-1)45-34-36-46(37-35-45)65(50-38-39-57-56-29-14-15-33-63(56)68(64(57)43-50,51-23-6-2-7-24-51)52-25-8-3-9-26-52)59-32-16-22-49-42-62-61(66(49)59)41-48-21-11-13-28-54(48)67(62)58-31-17-30-55-53-27-12-10-20-47(53)40-60(55)58/h1-39,41,43,65H,40,42H2. The van der Waals surface area contributed by atoms with Gasteiger partial charge in [-0.2, -0.15) is 0 Å². The predicted octanol–water partition coefficient (Wildman–Crippen LogP) is 16.9. The Morgan fingerprint density at radius 1 is 0.324 bits per heavy atom. The van der Waals surface area contributed by atoms with Gasteiger partial charge >= 0.3 is 0 Å². The van der Waals surface area contributed by atoms with Gasteiger partial charge in [0.1, 0.15) is 0 Å². The fourth-order valence-corrected chi connectivity index (χ4v) is 12.7. The largest absolute Gasteiger partial charge is 0.0713 e. The summed E-state index contributed by atoms with van der Waals surface area (Å²) in [7, 11) is 0. The summed E-state index contributed by atoms with van der Waals surface area (Å²) in [5.41, 5.74) is 27.6. The minimum atomic E-state index is -0.499. The van der Waals surface area contributed by atoms with E-state index in [1.165, 1.54) is 128 Å². The number of benzene rings is 11. The van der Waals surface area contributed by atoms with Crippen LogP contribution in [-0.4, -0.2) is 0 Å². The summed E-state index contributed by atoms with van der Waals surface area (Å²) in [5.74, 6) is -0.0515. The molecule has 0 nitrogen and oxygen atoms in total. The van der Waals surface area contributed by atoms with Gasteiger partial charge in [-0.05, 0) is 147 Å². The van der Waals surface area contributed by atoms with Gasteiger partial charge in [0, 0.05) is 5.92 Å². The van der Waals surface area contributed by atoms with E-state index in [1.807, 2.05) is 0 Å². The van der Waals surface area contributed by atoms with Crippen molar-refractivity contribution in [2.24, 2.45) is 0 Å². The smallest absolute Gasteiger partial charge is 0.0622 e. The Morgan fingerprint density at radius 2 is 0.897 bits per heavy atom.